The lowest BCUT2D eigenvalue weighted by atomic mass is 9.96. The first kappa shape index (κ1) is 28.9. The summed E-state index contributed by atoms with van der Waals surface area (Å²) in [6.45, 7) is 5.47. The monoisotopic (exact) mass is 508 g/mol. The number of esters is 4. The van der Waals surface area contributed by atoms with Gasteiger partial charge in [-0.05, 0) is 6.92 Å². The fourth-order valence-corrected chi connectivity index (χ4v) is 3.81. The first-order chi connectivity index (χ1) is 16.3. The maximum Gasteiger partial charge on any atom is 0.303 e. The average molecular weight is 508 g/mol. The van der Waals surface area contributed by atoms with E-state index in [0.717, 1.165) is 27.7 Å². The molecular formula is C21H32O14. The highest BCUT2D eigenvalue weighted by Crippen LogP contribution is 2.33. The number of aliphatic hydroxyl groups excluding tert-OH is 2. The molecule has 14 heteroatoms. The van der Waals surface area contributed by atoms with Gasteiger partial charge in [-0.15, -0.1) is 0 Å². The highest BCUT2D eigenvalue weighted by Gasteiger charge is 2.55. The van der Waals surface area contributed by atoms with Gasteiger partial charge in [-0.2, -0.15) is 0 Å². The van der Waals surface area contributed by atoms with Crippen LogP contribution in [0.3, 0.4) is 0 Å². The summed E-state index contributed by atoms with van der Waals surface area (Å²) in [5, 5.41) is 21.2. The van der Waals surface area contributed by atoms with Crippen molar-refractivity contribution in [1.29, 1.82) is 0 Å². The lowest BCUT2D eigenvalue weighted by Gasteiger charge is -2.47. The second-order valence-corrected chi connectivity index (χ2v) is 8.09. The van der Waals surface area contributed by atoms with E-state index in [2.05, 4.69) is 0 Å². The SMILES string of the molecule is CO[C@@H]1O[C@@H](C)[C@@H](O)[C@@H](O[C@@H]2O[C@H](COC(C)=O)[C@@H](OC(C)=O)[C@H](OC(C)=O)[C@H]2OC(C)=O)[C@@H]1O. The van der Waals surface area contributed by atoms with E-state index in [1.807, 2.05) is 0 Å². The molecule has 0 unspecified atom stereocenters. The quantitative estimate of drug-likeness (QED) is 0.287. The first-order valence-corrected chi connectivity index (χ1v) is 10.9. The summed E-state index contributed by atoms with van der Waals surface area (Å²) in [5.41, 5.74) is 0. The Hall–Kier alpha value is -2.36. The van der Waals surface area contributed by atoms with Gasteiger partial charge >= 0.3 is 23.9 Å². The number of hydrogen-bond donors (Lipinski definition) is 2. The van der Waals surface area contributed by atoms with E-state index in [9.17, 15) is 29.4 Å². The number of carbonyl (C=O) groups is 4. The molecule has 0 aromatic heterocycles. The molecule has 2 fully saturated rings. The third-order valence-corrected chi connectivity index (χ3v) is 5.25. The molecule has 2 rings (SSSR count). The summed E-state index contributed by atoms with van der Waals surface area (Å²) in [5.74, 6) is -3.08. The summed E-state index contributed by atoms with van der Waals surface area (Å²) in [7, 11) is 1.28. The minimum Gasteiger partial charge on any atom is -0.463 e. The Morgan fingerprint density at radius 1 is 0.714 bits per heavy atom. The van der Waals surface area contributed by atoms with Crippen LogP contribution < -0.4 is 0 Å². The van der Waals surface area contributed by atoms with Crippen LogP contribution in [0, 0.1) is 0 Å². The number of hydrogen-bond acceptors (Lipinski definition) is 14. The van der Waals surface area contributed by atoms with Gasteiger partial charge in [0, 0.05) is 34.8 Å². The summed E-state index contributed by atoms with van der Waals surface area (Å²) in [6.07, 6.45) is -13.4. The lowest BCUT2D eigenvalue weighted by molar-refractivity contribution is -0.356. The lowest BCUT2D eigenvalue weighted by Crippen LogP contribution is -2.66. The van der Waals surface area contributed by atoms with Gasteiger partial charge in [-0.3, -0.25) is 19.2 Å². The van der Waals surface area contributed by atoms with Crippen molar-refractivity contribution in [2.75, 3.05) is 13.7 Å². The van der Waals surface area contributed by atoms with Crippen molar-refractivity contribution >= 4 is 23.9 Å². The molecule has 0 bridgehead atoms. The zero-order valence-corrected chi connectivity index (χ0v) is 20.3. The van der Waals surface area contributed by atoms with Crippen LogP contribution in [-0.4, -0.2) is 109 Å². The number of rotatable bonds is 8. The molecule has 0 radical (unpaired) electrons. The van der Waals surface area contributed by atoms with Crippen LogP contribution in [-0.2, 0) is 57.1 Å². The van der Waals surface area contributed by atoms with Crippen molar-refractivity contribution in [2.45, 2.75) is 96.0 Å². The van der Waals surface area contributed by atoms with Crippen molar-refractivity contribution < 1.29 is 67.3 Å². The molecule has 35 heavy (non-hydrogen) atoms. The maximum absolute atomic E-state index is 11.9. The van der Waals surface area contributed by atoms with E-state index in [1.165, 1.54) is 14.0 Å². The van der Waals surface area contributed by atoms with Crippen LogP contribution in [0.2, 0.25) is 0 Å². The van der Waals surface area contributed by atoms with Crippen molar-refractivity contribution in [3.63, 3.8) is 0 Å². The molecule has 0 aromatic carbocycles. The summed E-state index contributed by atoms with van der Waals surface area (Å²) < 4.78 is 43.0. The standard InChI is InChI=1S/C21H32O14/c1-8-14(26)17(15(27)20(28-6)30-8)35-21-19(33-12(5)25)18(32-11(4)24)16(31-10(3)23)13(34-21)7-29-9(2)22/h8,13-21,26-27H,7H2,1-6H3/t8-,13+,14+,15-,16+,17+,18-,19+,20+,21-/m0/s1. The van der Waals surface area contributed by atoms with Gasteiger partial charge < -0.3 is 48.1 Å². The highest BCUT2D eigenvalue weighted by molar-refractivity contribution is 5.68. The maximum atomic E-state index is 11.9. The second kappa shape index (κ2) is 12.6. The molecule has 2 aliphatic heterocycles. The molecule has 0 aliphatic carbocycles. The minimum absolute atomic E-state index is 0.451. The van der Waals surface area contributed by atoms with E-state index in [-0.39, 0.29) is 0 Å². The number of methoxy groups -OCH3 is 1. The Balaban J connectivity index is 2.46. The van der Waals surface area contributed by atoms with Crippen molar-refractivity contribution in [3.05, 3.63) is 0 Å². The molecule has 0 saturated carbocycles. The topological polar surface area (TPSA) is 183 Å². The molecule has 2 aliphatic rings. The Bertz CT molecular complexity index is 771. The zero-order chi connectivity index (χ0) is 26.4. The predicted molar refractivity (Wildman–Crippen MR) is 110 cm³/mol. The first-order valence-electron chi connectivity index (χ1n) is 10.9. The van der Waals surface area contributed by atoms with Gasteiger partial charge in [0.1, 0.15) is 31.0 Å². The van der Waals surface area contributed by atoms with Crippen LogP contribution in [0.15, 0.2) is 0 Å². The normalized spacial score (nSPS) is 37.1. The van der Waals surface area contributed by atoms with Gasteiger partial charge in [0.15, 0.2) is 30.9 Å². The second-order valence-electron chi connectivity index (χ2n) is 8.09. The van der Waals surface area contributed by atoms with Crippen molar-refractivity contribution in [3.8, 4) is 0 Å². The highest BCUT2D eigenvalue weighted by atomic mass is 16.8. The van der Waals surface area contributed by atoms with E-state index in [0.29, 0.717) is 0 Å². The molecule has 14 nitrogen and oxygen atoms in total. The molecule has 10 atom stereocenters. The molecular weight excluding hydrogens is 476 g/mol. The predicted octanol–water partition coefficient (Wildman–Crippen LogP) is -1.43. The fraction of sp³-hybridized carbons (Fsp3) is 0.810. The summed E-state index contributed by atoms with van der Waals surface area (Å²) in [4.78, 5) is 47.0. The summed E-state index contributed by atoms with van der Waals surface area (Å²) in [6, 6.07) is 0. The molecule has 2 N–H and O–H groups in total. The number of aliphatic hydroxyl groups is 2. The van der Waals surface area contributed by atoms with Crippen molar-refractivity contribution in [2.24, 2.45) is 0 Å². The minimum atomic E-state index is -1.58. The number of carbonyl (C=O) groups excluding carboxylic acids is 4. The van der Waals surface area contributed by atoms with Gasteiger partial charge in [0.2, 0.25) is 0 Å². The molecule has 2 heterocycles. The molecule has 200 valence electrons. The van der Waals surface area contributed by atoms with Gasteiger partial charge in [-0.25, -0.2) is 0 Å². The Morgan fingerprint density at radius 2 is 1.26 bits per heavy atom. The molecule has 0 aromatic rings. The van der Waals surface area contributed by atoms with Crippen LogP contribution in [0.4, 0.5) is 0 Å². The summed E-state index contributed by atoms with van der Waals surface area (Å²) >= 11 is 0. The fourth-order valence-electron chi connectivity index (χ4n) is 3.81. The van der Waals surface area contributed by atoms with Gasteiger partial charge in [-0.1, -0.05) is 0 Å². The van der Waals surface area contributed by atoms with Crippen LogP contribution in [0.25, 0.3) is 0 Å². The van der Waals surface area contributed by atoms with Crippen LogP contribution in [0.5, 0.6) is 0 Å². The third-order valence-electron chi connectivity index (χ3n) is 5.25. The largest absolute Gasteiger partial charge is 0.463 e. The Labute approximate surface area is 201 Å². The molecule has 0 spiro atoms. The van der Waals surface area contributed by atoms with Gasteiger partial charge in [0.05, 0.1) is 6.10 Å². The van der Waals surface area contributed by atoms with E-state index < -0.39 is 91.9 Å². The molecule has 0 amide bonds. The third kappa shape index (κ3) is 7.56. The van der Waals surface area contributed by atoms with Gasteiger partial charge in [0.25, 0.3) is 0 Å². The van der Waals surface area contributed by atoms with Crippen LogP contribution >= 0.6 is 0 Å². The van der Waals surface area contributed by atoms with E-state index in [1.54, 1.807) is 0 Å². The van der Waals surface area contributed by atoms with E-state index >= 15 is 0 Å². The Morgan fingerprint density at radius 3 is 1.77 bits per heavy atom. The number of ether oxygens (including phenoxy) is 8. The van der Waals surface area contributed by atoms with Crippen LogP contribution in [0.1, 0.15) is 34.6 Å². The zero-order valence-electron chi connectivity index (χ0n) is 20.3. The smallest absolute Gasteiger partial charge is 0.303 e. The Kier molecular flexibility index (Phi) is 10.4. The van der Waals surface area contributed by atoms with E-state index in [4.69, 9.17) is 37.9 Å². The molecule has 2 saturated heterocycles. The average Bonchev–Trinajstić information content (AvgIpc) is 2.75. The van der Waals surface area contributed by atoms with Crippen molar-refractivity contribution in [1.82, 2.24) is 0 Å².